The standard InChI is InChI=1S/C31H31FN4O5/c1-17-21(19-11-26(32)24(28(12-19)40-4)13-33-20-15-41-16-20)7-5-8-22(17)23-9-6-10-27(18(23)2)35-29(37)25-14-34-31(39)36(3)30(25)38/h5-12,14,20,25,33H,13,15-16H2,1-4H3,(H,35,37). The van der Waals surface area contributed by atoms with Gasteiger partial charge in [-0.25, -0.2) is 14.2 Å². The third kappa shape index (κ3) is 5.48. The zero-order valence-corrected chi connectivity index (χ0v) is 23.3. The number of benzene rings is 3. The largest absolute Gasteiger partial charge is 0.496 e. The van der Waals surface area contributed by atoms with Crippen LogP contribution in [0.3, 0.4) is 0 Å². The molecule has 2 heterocycles. The maximum Gasteiger partial charge on any atom is 0.349 e. The summed E-state index contributed by atoms with van der Waals surface area (Å²) in [6.07, 6.45) is 1.07. The second-order valence-corrected chi connectivity index (χ2v) is 10.1. The molecule has 3 aromatic rings. The molecule has 3 aromatic carbocycles. The van der Waals surface area contributed by atoms with Crippen molar-refractivity contribution < 1.29 is 28.2 Å². The second-order valence-electron chi connectivity index (χ2n) is 10.1. The number of hydrogen-bond donors (Lipinski definition) is 2. The lowest BCUT2D eigenvalue weighted by atomic mass is 9.90. The lowest BCUT2D eigenvalue weighted by Gasteiger charge is -2.27. The molecule has 1 unspecified atom stereocenters. The molecule has 1 saturated heterocycles. The van der Waals surface area contributed by atoms with Gasteiger partial charge in [0.15, 0.2) is 5.92 Å². The Morgan fingerprint density at radius 3 is 2.44 bits per heavy atom. The second kappa shape index (κ2) is 11.6. The lowest BCUT2D eigenvalue weighted by Crippen LogP contribution is -2.45. The van der Waals surface area contributed by atoms with Gasteiger partial charge in [0, 0.05) is 31.1 Å². The fourth-order valence-electron chi connectivity index (χ4n) is 5.01. The zero-order valence-electron chi connectivity index (χ0n) is 23.3. The van der Waals surface area contributed by atoms with E-state index in [2.05, 4.69) is 15.6 Å². The van der Waals surface area contributed by atoms with E-state index in [-0.39, 0.29) is 11.9 Å². The van der Waals surface area contributed by atoms with Crippen LogP contribution in [0.1, 0.15) is 16.7 Å². The Hall–Kier alpha value is -4.41. The van der Waals surface area contributed by atoms with Crippen LogP contribution in [0.4, 0.5) is 14.9 Å². The number of rotatable bonds is 8. The van der Waals surface area contributed by atoms with Crippen molar-refractivity contribution in [3.63, 3.8) is 0 Å². The van der Waals surface area contributed by atoms with Gasteiger partial charge in [-0.05, 0) is 65.4 Å². The summed E-state index contributed by atoms with van der Waals surface area (Å²) in [5, 5.41) is 6.10. The molecular weight excluding hydrogens is 527 g/mol. The van der Waals surface area contributed by atoms with E-state index in [4.69, 9.17) is 9.47 Å². The molecule has 5 rings (SSSR count). The van der Waals surface area contributed by atoms with Crippen molar-refractivity contribution in [3.05, 3.63) is 71.0 Å². The molecule has 0 spiro atoms. The maximum atomic E-state index is 15.3. The van der Waals surface area contributed by atoms with Gasteiger partial charge in [-0.1, -0.05) is 30.3 Å². The highest BCUT2D eigenvalue weighted by atomic mass is 19.1. The molecule has 9 nitrogen and oxygen atoms in total. The molecule has 41 heavy (non-hydrogen) atoms. The van der Waals surface area contributed by atoms with Gasteiger partial charge in [-0.15, -0.1) is 0 Å². The normalized spacial score (nSPS) is 17.0. The average Bonchev–Trinajstić information content (AvgIpc) is 2.93. The van der Waals surface area contributed by atoms with E-state index in [1.165, 1.54) is 20.2 Å². The van der Waals surface area contributed by atoms with Crippen molar-refractivity contribution in [1.82, 2.24) is 10.2 Å². The van der Waals surface area contributed by atoms with Crippen molar-refractivity contribution in [2.75, 3.05) is 32.7 Å². The lowest BCUT2D eigenvalue weighted by molar-refractivity contribution is -0.134. The fraction of sp³-hybridized carbons (Fsp3) is 0.290. The van der Waals surface area contributed by atoms with E-state index in [1.807, 2.05) is 50.2 Å². The van der Waals surface area contributed by atoms with Crippen LogP contribution >= 0.6 is 0 Å². The number of halogens is 1. The third-order valence-corrected chi connectivity index (χ3v) is 7.61. The molecule has 0 bridgehead atoms. The third-order valence-electron chi connectivity index (χ3n) is 7.61. The molecule has 0 radical (unpaired) electrons. The highest BCUT2D eigenvalue weighted by Crippen LogP contribution is 2.37. The van der Waals surface area contributed by atoms with Crippen molar-refractivity contribution in [2.45, 2.75) is 26.4 Å². The number of amides is 4. The molecule has 212 valence electrons. The van der Waals surface area contributed by atoms with Crippen LogP contribution < -0.4 is 15.4 Å². The number of imide groups is 1. The predicted octanol–water partition coefficient (Wildman–Crippen LogP) is 4.49. The van der Waals surface area contributed by atoms with Crippen LogP contribution in [-0.2, 0) is 20.9 Å². The smallest absolute Gasteiger partial charge is 0.349 e. The molecule has 2 aliphatic heterocycles. The number of nitrogens with one attached hydrogen (secondary N) is 2. The predicted molar refractivity (Wildman–Crippen MR) is 154 cm³/mol. The maximum absolute atomic E-state index is 15.3. The monoisotopic (exact) mass is 558 g/mol. The SMILES string of the molecule is COc1cc(-c2cccc(-c3cccc(NC(=O)C4C=NC(=O)N(C)C4=O)c3C)c2C)cc(F)c1CNC1COC1. The van der Waals surface area contributed by atoms with E-state index >= 15 is 4.39 Å². The number of methoxy groups -OCH3 is 1. The number of hydrogen-bond acceptors (Lipinski definition) is 6. The molecule has 4 amide bonds. The number of carbonyl (C=O) groups excluding carboxylic acids is 3. The van der Waals surface area contributed by atoms with E-state index in [1.54, 1.807) is 6.07 Å². The van der Waals surface area contributed by atoms with Crippen LogP contribution in [0.15, 0.2) is 53.5 Å². The molecule has 1 fully saturated rings. The number of anilines is 1. The number of urea groups is 1. The Balaban J connectivity index is 1.44. The minimum absolute atomic E-state index is 0.211. The summed E-state index contributed by atoms with van der Waals surface area (Å²) in [6.45, 7) is 5.41. The van der Waals surface area contributed by atoms with Gasteiger partial charge in [0.25, 0.3) is 0 Å². The quantitative estimate of drug-likeness (QED) is 0.395. The number of nitrogens with zero attached hydrogens (tertiary/aromatic N) is 2. The van der Waals surface area contributed by atoms with Crippen molar-refractivity contribution in [2.24, 2.45) is 10.9 Å². The Kier molecular flexibility index (Phi) is 7.96. The van der Waals surface area contributed by atoms with Gasteiger partial charge in [0.1, 0.15) is 11.6 Å². The first kappa shape index (κ1) is 28.1. The first-order valence-corrected chi connectivity index (χ1v) is 13.2. The summed E-state index contributed by atoms with van der Waals surface area (Å²) in [7, 11) is 2.82. The van der Waals surface area contributed by atoms with Crippen molar-refractivity contribution >= 4 is 29.7 Å². The Labute approximate surface area is 237 Å². The van der Waals surface area contributed by atoms with Crippen LogP contribution in [-0.4, -0.2) is 62.4 Å². The minimum atomic E-state index is -1.20. The minimum Gasteiger partial charge on any atom is -0.496 e. The van der Waals surface area contributed by atoms with Gasteiger partial charge in [-0.2, -0.15) is 0 Å². The summed E-state index contributed by atoms with van der Waals surface area (Å²) in [4.78, 5) is 41.5. The molecule has 2 aliphatic rings. The number of aliphatic imine (C=N–C) groups is 1. The van der Waals surface area contributed by atoms with Crippen molar-refractivity contribution in [1.29, 1.82) is 0 Å². The average molecular weight is 559 g/mol. The molecule has 0 aliphatic carbocycles. The fourth-order valence-corrected chi connectivity index (χ4v) is 5.01. The van der Waals surface area contributed by atoms with Crippen LogP contribution in [0.2, 0.25) is 0 Å². The molecule has 1 atom stereocenters. The summed E-state index contributed by atoms with van der Waals surface area (Å²) in [5.74, 6) is -2.30. The van der Waals surface area contributed by atoms with Gasteiger partial charge in [0.2, 0.25) is 11.8 Å². The molecule has 10 heteroatoms. The Bertz CT molecular complexity index is 1570. The van der Waals surface area contributed by atoms with E-state index in [9.17, 15) is 14.4 Å². The van der Waals surface area contributed by atoms with Gasteiger partial charge >= 0.3 is 6.03 Å². The van der Waals surface area contributed by atoms with Crippen LogP contribution in [0.25, 0.3) is 22.3 Å². The number of carbonyl (C=O) groups is 3. The highest BCUT2D eigenvalue weighted by molar-refractivity contribution is 6.23. The summed E-state index contributed by atoms with van der Waals surface area (Å²) in [5.41, 5.74) is 6.01. The molecule has 0 aromatic heterocycles. The van der Waals surface area contributed by atoms with Gasteiger partial charge < -0.3 is 20.1 Å². The molecular formula is C31H31FN4O5. The van der Waals surface area contributed by atoms with Gasteiger partial charge in [-0.3, -0.25) is 14.5 Å². The van der Waals surface area contributed by atoms with E-state index in [0.717, 1.165) is 38.9 Å². The first-order chi connectivity index (χ1) is 19.7. The van der Waals surface area contributed by atoms with Gasteiger partial charge in [0.05, 0.1) is 26.4 Å². The summed E-state index contributed by atoms with van der Waals surface area (Å²) < 4.78 is 26.1. The Morgan fingerprint density at radius 2 is 1.76 bits per heavy atom. The topological polar surface area (TPSA) is 109 Å². The van der Waals surface area contributed by atoms with E-state index < -0.39 is 23.8 Å². The van der Waals surface area contributed by atoms with Crippen molar-refractivity contribution in [3.8, 4) is 28.0 Å². The highest BCUT2D eigenvalue weighted by Gasteiger charge is 2.34. The first-order valence-electron chi connectivity index (χ1n) is 13.2. The van der Waals surface area contributed by atoms with Crippen LogP contribution in [0, 0.1) is 25.6 Å². The summed E-state index contributed by atoms with van der Waals surface area (Å²) in [6, 6.07) is 14.2. The van der Waals surface area contributed by atoms with E-state index in [0.29, 0.717) is 42.3 Å². The molecule has 2 N–H and O–H groups in total. The number of ether oxygens (including phenoxy) is 2. The zero-order chi connectivity index (χ0) is 29.3. The molecule has 0 saturated carbocycles. The van der Waals surface area contributed by atoms with Crippen LogP contribution in [0.5, 0.6) is 5.75 Å². The Morgan fingerprint density at radius 1 is 1.07 bits per heavy atom. The summed E-state index contributed by atoms with van der Waals surface area (Å²) >= 11 is 0.